The van der Waals surface area contributed by atoms with E-state index < -0.39 is 0 Å². The Bertz CT molecular complexity index is 530. The van der Waals surface area contributed by atoms with Gasteiger partial charge in [0.05, 0.1) is 6.04 Å². The summed E-state index contributed by atoms with van der Waals surface area (Å²) in [5.41, 5.74) is 1.07. The van der Waals surface area contributed by atoms with E-state index in [0.717, 1.165) is 38.1 Å². The molecule has 2 fully saturated rings. The van der Waals surface area contributed by atoms with Gasteiger partial charge in [-0.25, -0.2) is 4.39 Å². The van der Waals surface area contributed by atoms with Crippen LogP contribution in [0.1, 0.15) is 58.4 Å². The van der Waals surface area contributed by atoms with E-state index in [1.165, 1.54) is 44.2 Å². The van der Waals surface area contributed by atoms with Gasteiger partial charge in [-0.3, -0.25) is 9.69 Å². The Balaban J connectivity index is 0.000000855. The first-order valence-corrected chi connectivity index (χ1v) is 10.4. The molecule has 1 aliphatic heterocycles. The molecule has 3 rings (SSSR count). The molecule has 1 aliphatic carbocycles. The third kappa shape index (κ3) is 7.59. The highest BCUT2D eigenvalue weighted by Gasteiger charge is 2.32. The molecule has 27 heavy (non-hydrogen) atoms. The zero-order valence-corrected chi connectivity index (χ0v) is 17.4. The second-order valence-corrected chi connectivity index (χ2v) is 7.17. The summed E-state index contributed by atoms with van der Waals surface area (Å²) in [7, 11) is 1.00. The number of nitrogens with one attached hydrogen (secondary N) is 1. The van der Waals surface area contributed by atoms with Crippen molar-refractivity contribution in [2.45, 2.75) is 71.4 Å². The fourth-order valence-electron chi connectivity index (χ4n) is 3.93. The molecule has 0 aromatic heterocycles. The van der Waals surface area contributed by atoms with Crippen molar-refractivity contribution in [3.8, 4) is 0 Å². The number of carbonyl (C=O) groups excluding carboxylic acids is 1. The second-order valence-electron chi connectivity index (χ2n) is 7.17. The number of piperazine rings is 1. The quantitative estimate of drug-likeness (QED) is 0.836. The number of nitrogens with zero attached hydrogens (tertiary/aromatic N) is 1. The number of aliphatic hydroxyl groups excluding tert-OH is 1. The fourth-order valence-corrected chi connectivity index (χ4v) is 3.93. The summed E-state index contributed by atoms with van der Waals surface area (Å²) in [5.74, 6) is 0.650. The second kappa shape index (κ2) is 12.8. The number of aliphatic hydroxyl groups is 1. The van der Waals surface area contributed by atoms with Gasteiger partial charge in [-0.05, 0) is 49.8 Å². The summed E-state index contributed by atoms with van der Waals surface area (Å²) >= 11 is 0. The van der Waals surface area contributed by atoms with E-state index in [1.54, 1.807) is 0 Å². The first-order chi connectivity index (χ1) is 13.1. The van der Waals surface area contributed by atoms with Crippen LogP contribution in [0.3, 0.4) is 0 Å². The van der Waals surface area contributed by atoms with E-state index in [2.05, 4.69) is 10.2 Å². The van der Waals surface area contributed by atoms with Gasteiger partial charge in [-0.1, -0.05) is 45.2 Å². The zero-order valence-electron chi connectivity index (χ0n) is 17.4. The molecule has 5 heteroatoms. The van der Waals surface area contributed by atoms with Crippen LogP contribution in [0.2, 0.25) is 0 Å². The van der Waals surface area contributed by atoms with Crippen LogP contribution < -0.4 is 5.32 Å². The van der Waals surface area contributed by atoms with Crippen LogP contribution in [0.15, 0.2) is 24.3 Å². The van der Waals surface area contributed by atoms with Crippen LogP contribution in [-0.4, -0.2) is 48.2 Å². The number of hydrogen-bond donors (Lipinski definition) is 2. The molecule has 0 bridgehead atoms. The monoisotopic (exact) mass is 380 g/mol. The van der Waals surface area contributed by atoms with Gasteiger partial charge in [0.25, 0.3) is 0 Å². The Morgan fingerprint density at radius 3 is 2.30 bits per heavy atom. The lowest BCUT2D eigenvalue weighted by Gasteiger charge is -2.40. The predicted molar refractivity (Wildman–Crippen MR) is 109 cm³/mol. The minimum atomic E-state index is -0.214. The highest BCUT2D eigenvalue weighted by atomic mass is 19.1. The van der Waals surface area contributed by atoms with Crippen LogP contribution >= 0.6 is 0 Å². The molecule has 2 aliphatic rings. The summed E-state index contributed by atoms with van der Waals surface area (Å²) in [6.07, 6.45) is 7.39. The van der Waals surface area contributed by atoms with Crippen molar-refractivity contribution < 1.29 is 14.3 Å². The standard InChI is InChI=1S/C19H27FN2O.C2H6.CH4O/c1-14-19(23)21-18(11-15-7-9-17(20)10-8-15)13-22(14)12-16-5-3-2-4-6-16;2*1-2/h7-10,14,16,18H,2-6,11-13H2,1H3,(H,21,23);1-2H3;2H,1H3/t14-,18-;;/m0../s1. The van der Waals surface area contributed by atoms with Crippen molar-refractivity contribution in [2.75, 3.05) is 20.2 Å². The van der Waals surface area contributed by atoms with E-state index in [1.807, 2.05) is 32.9 Å². The van der Waals surface area contributed by atoms with E-state index in [4.69, 9.17) is 5.11 Å². The first kappa shape index (κ1) is 23.6. The fraction of sp³-hybridized carbons (Fsp3) is 0.682. The molecule has 1 amide bonds. The first-order valence-electron chi connectivity index (χ1n) is 10.4. The number of carbonyl (C=O) groups is 1. The van der Waals surface area contributed by atoms with E-state index in [9.17, 15) is 9.18 Å². The highest BCUT2D eigenvalue weighted by Crippen LogP contribution is 2.26. The molecule has 1 aromatic rings. The third-order valence-corrected chi connectivity index (χ3v) is 5.34. The molecule has 4 nitrogen and oxygen atoms in total. The molecule has 0 spiro atoms. The Kier molecular flexibility index (Phi) is 11.2. The number of hydrogen-bond acceptors (Lipinski definition) is 3. The summed E-state index contributed by atoms with van der Waals surface area (Å²) < 4.78 is 13.0. The van der Waals surface area contributed by atoms with Crippen molar-refractivity contribution in [1.29, 1.82) is 0 Å². The molecule has 154 valence electrons. The van der Waals surface area contributed by atoms with Crippen molar-refractivity contribution in [3.05, 3.63) is 35.6 Å². The zero-order chi connectivity index (χ0) is 20.2. The molecular formula is C22H37FN2O2. The van der Waals surface area contributed by atoms with Gasteiger partial charge in [0.2, 0.25) is 5.91 Å². The molecular weight excluding hydrogens is 343 g/mol. The molecule has 2 N–H and O–H groups in total. The van der Waals surface area contributed by atoms with Crippen LogP contribution in [-0.2, 0) is 11.2 Å². The van der Waals surface area contributed by atoms with Crippen LogP contribution in [0.4, 0.5) is 4.39 Å². The molecule has 1 aromatic carbocycles. The Morgan fingerprint density at radius 1 is 1.11 bits per heavy atom. The topological polar surface area (TPSA) is 52.6 Å². The van der Waals surface area contributed by atoms with E-state index >= 15 is 0 Å². The number of rotatable bonds is 4. The average Bonchev–Trinajstić information content (AvgIpc) is 2.71. The van der Waals surface area contributed by atoms with Gasteiger partial charge in [0, 0.05) is 26.2 Å². The van der Waals surface area contributed by atoms with Gasteiger partial charge >= 0.3 is 0 Å². The van der Waals surface area contributed by atoms with Crippen LogP contribution in [0.25, 0.3) is 0 Å². The molecule has 0 radical (unpaired) electrons. The molecule has 1 saturated carbocycles. The maximum Gasteiger partial charge on any atom is 0.237 e. The van der Waals surface area contributed by atoms with E-state index in [0.29, 0.717) is 0 Å². The van der Waals surface area contributed by atoms with Gasteiger partial charge in [-0.15, -0.1) is 0 Å². The van der Waals surface area contributed by atoms with E-state index in [-0.39, 0.29) is 23.8 Å². The summed E-state index contributed by atoms with van der Waals surface area (Å²) in [5, 5.41) is 10.1. The Morgan fingerprint density at radius 2 is 1.70 bits per heavy atom. The predicted octanol–water partition coefficient (Wildman–Crippen LogP) is 3.77. The smallest absolute Gasteiger partial charge is 0.237 e. The van der Waals surface area contributed by atoms with Gasteiger partial charge < -0.3 is 10.4 Å². The maximum atomic E-state index is 13.0. The lowest BCUT2D eigenvalue weighted by molar-refractivity contribution is -0.130. The van der Waals surface area contributed by atoms with Crippen molar-refractivity contribution in [2.24, 2.45) is 5.92 Å². The molecule has 1 heterocycles. The van der Waals surface area contributed by atoms with Crippen molar-refractivity contribution in [3.63, 3.8) is 0 Å². The number of amides is 1. The SMILES string of the molecule is CC.CO.C[C@H]1C(=O)N[C@@H](Cc2ccc(F)cc2)CN1CC1CCCCC1. The van der Waals surface area contributed by atoms with Gasteiger partial charge in [0.15, 0.2) is 0 Å². The molecule has 2 atom stereocenters. The van der Waals surface area contributed by atoms with Crippen LogP contribution in [0.5, 0.6) is 0 Å². The van der Waals surface area contributed by atoms with Gasteiger partial charge in [0.1, 0.15) is 5.82 Å². The number of halogens is 1. The summed E-state index contributed by atoms with van der Waals surface area (Å²) in [6.45, 7) is 7.93. The van der Waals surface area contributed by atoms with Crippen molar-refractivity contribution in [1.82, 2.24) is 10.2 Å². The molecule has 0 unspecified atom stereocenters. The lowest BCUT2D eigenvalue weighted by atomic mass is 9.88. The number of benzene rings is 1. The minimum Gasteiger partial charge on any atom is -0.400 e. The summed E-state index contributed by atoms with van der Waals surface area (Å²) in [4.78, 5) is 14.6. The highest BCUT2D eigenvalue weighted by molar-refractivity contribution is 5.82. The summed E-state index contributed by atoms with van der Waals surface area (Å²) in [6, 6.07) is 6.68. The minimum absolute atomic E-state index is 0.0404. The van der Waals surface area contributed by atoms with Gasteiger partial charge in [-0.2, -0.15) is 0 Å². The third-order valence-electron chi connectivity index (χ3n) is 5.34. The van der Waals surface area contributed by atoms with Crippen LogP contribution in [0, 0.1) is 11.7 Å². The maximum absolute atomic E-state index is 13.0. The Hall–Kier alpha value is -1.46. The largest absolute Gasteiger partial charge is 0.400 e. The molecule has 1 saturated heterocycles. The van der Waals surface area contributed by atoms with Crippen molar-refractivity contribution >= 4 is 5.91 Å². The lowest BCUT2D eigenvalue weighted by Crippen LogP contribution is -2.60. The Labute approximate surface area is 164 Å². The average molecular weight is 381 g/mol. The normalized spacial score (nSPS) is 23.4.